The number of thiophene rings is 1. The van der Waals surface area contributed by atoms with E-state index in [2.05, 4.69) is 25.8 Å². The molecule has 5 nitrogen and oxygen atoms in total. The van der Waals surface area contributed by atoms with Crippen molar-refractivity contribution in [1.29, 1.82) is 0 Å². The van der Waals surface area contributed by atoms with Crippen LogP contribution in [0.4, 0.5) is 5.69 Å². The van der Waals surface area contributed by atoms with Gasteiger partial charge in [-0.15, -0.1) is 11.3 Å². The number of hydrogen-bond donors (Lipinski definition) is 1. The van der Waals surface area contributed by atoms with Gasteiger partial charge in [-0.2, -0.15) is 5.10 Å². The third-order valence-corrected chi connectivity index (χ3v) is 5.81. The highest BCUT2D eigenvalue weighted by molar-refractivity contribution is 9.11. The van der Waals surface area contributed by atoms with E-state index in [1.165, 1.54) is 11.3 Å². The van der Waals surface area contributed by atoms with Crippen LogP contribution in [0, 0.1) is 6.92 Å². The molecule has 0 aliphatic carbocycles. The minimum absolute atomic E-state index is 0.276. The first-order valence-corrected chi connectivity index (χ1v) is 8.34. The minimum atomic E-state index is -3.52. The summed E-state index contributed by atoms with van der Waals surface area (Å²) >= 11 is 4.42. The average Bonchev–Trinajstić information content (AvgIpc) is 2.86. The molecular formula is C10H12BrN3O2S2. The number of rotatable bonds is 4. The molecule has 0 radical (unpaired) electrons. The lowest BCUT2D eigenvalue weighted by Gasteiger charge is -2.03. The van der Waals surface area contributed by atoms with E-state index >= 15 is 0 Å². The van der Waals surface area contributed by atoms with Crippen molar-refractivity contribution < 1.29 is 8.42 Å². The minimum Gasteiger partial charge on any atom is -0.275 e. The van der Waals surface area contributed by atoms with Gasteiger partial charge in [0.1, 0.15) is 4.21 Å². The van der Waals surface area contributed by atoms with E-state index in [1.807, 2.05) is 6.92 Å². The van der Waals surface area contributed by atoms with Crippen LogP contribution in [-0.4, -0.2) is 18.2 Å². The first-order chi connectivity index (χ1) is 8.42. The van der Waals surface area contributed by atoms with Crippen molar-refractivity contribution in [3.05, 3.63) is 27.8 Å². The fourth-order valence-electron chi connectivity index (χ4n) is 1.42. The van der Waals surface area contributed by atoms with E-state index in [9.17, 15) is 8.42 Å². The maximum atomic E-state index is 12.1. The van der Waals surface area contributed by atoms with Crippen LogP contribution in [0.1, 0.15) is 12.6 Å². The van der Waals surface area contributed by atoms with Gasteiger partial charge >= 0.3 is 0 Å². The molecule has 0 saturated carbocycles. The third kappa shape index (κ3) is 2.76. The SMILES string of the molecule is CCn1cc(NS(=O)(=O)c2ccc(Br)s2)c(C)n1. The van der Waals surface area contributed by atoms with Gasteiger partial charge in [0, 0.05) is 12.7 Å². The summed E-state index contributed by atoms with van der Waals surface area (Å²) in [6, 6.07) is 3.28. The smallest absolute Gasteiger partial charge is 0.271 e. The van der Waals surface area contributed by atoms with Gasteiger partial charge in [0.2, 0.25) is 0 Å². The van der Waals surface area contributed by atoms with Crippen LogP contribution >= 0.6 is 27.3 Å². The molecule has 8 heteroatoms. The highest BCUT2D eigenvalue weighted by Crippen LogP contribution is 2.28. The number of nitrogens with zero attached hydrogens (tertiary/aromatic N) is 2. The topological polar surface area (TPSA) is 64.0 Å². The quantitative estimate of drug-likeness (QED) is 0.922. The molecule has 2 aromatic heterocycles. The van der Waals surface area contributed by atoms with Gasteiger partial charge in [-0.25, -0.2) is 8.42 Å². The van der Waals surface area contributed by atoms with Crippen LogP contribution in [0.5, 0.6) is 0 Å². The molecule has 0 amide bonds. The number of aromatic nitrogens is 2. The van der Waals surface area contributed by atoms with Crippen LogP contribution in [0.25, 0.3) is 0 Å². The molecule has 18 heavy (non-hydrogen) atoms. The molecule has 0 unspecified atom stereocenters. The zero-order chi connectivity index (χ0) is 13.3. The summed E-state index contributed by atoms with van der Waals surface area (Å²) in [4.78, 5) is 0. The molecule has 1 N–H and O–H groups in total. The summed E-state index contributed by atoms with van der Waals surface area (Å²) < 4.78 is 29.5. The average molecular weight is 350 g/mol. The largest absolute Gasteiger partial charge is 0.275 e. The van der Waals surface area contributed by atoms with Gasteiger partial charge in [-0.1, -0.05) is 0 Å². The van der Waals surface area contributed by atoms with E-state index in [1.54, 1.807) is 29.9 Å². The monoisotopic (exact) mass is 349 g/mol. The van der Waals surface area contributed by atoms with E-state index in [4.69, 9.17) is 0 Å². The third-order valence-electron chi connectivity index (χ3n) is 2.33. The van der Waals surface area contributed by atoms with Crippen molar-refractivity contribution in [2.45, 2.75) is 24.6 Å². The Hall–Kier alpha value is -0.860. The number of halogens is 1. The number of aryl methyl sites for hydroxylation is 2. The highest BCUT2D eigenvalue weighted by atomic mass is 79.9. The highest BCUT2D eigenvalue weighted by Gasteiger charge is 2.18. The molecule has 2 rings (SSSR count). The predicted octanol–water partition coefficient (Wildman–Crippen LogP) is 2.84. The Morgan fingerprint density at radius 1 is 1.50 bits per heavy atom. The van der Waals surface area contributed by atoms with Crippen LogP contribution in [0.2, 0.25) is 0 Å². The Labute approximate surface area is 118 Å². The molecule has 0 aromatic carbocycles. The van der Waals surface area contributed by atoms with Gasteiger partial charge in [-0.05, 0) is 41.9 Å². The standard InChI is InChI=1S/C10H12BrN3O2S2/c1-3-14-6-8(7(2)12-14)13-18(15,16)10-5-4-9(11)17-10/h4-6,13H,3H2,1-2H3. The molecule has 2 aromatic rings. The van der Waals surface area contributed by atoms with E-state index < -0.39 is 10.0 Å². The summed E-state index contributed by atoms with van der Waals surface area (Å²) in [7, 11) is -3.52. The molecule has 2 heterocycles. The van der Waals surface area contributed by atoms with Crippen LogP contribution in [-0.2, 0) is 16.6 Å². The maximum Gasteiger partial charge on any atom is 0.271 e. The zero-order valence-electron chi connectivity index (χ0n) is 9.84. The molecule has 0 aliphatic rings. The van der Waals surface area contributed by atoms with Gasteiger partial charge < -0.3 is 0 Å². The van der Waals surface area contributed by atoms with Crippen LogP contribution in [0.15, 0.2) is 26.3 Å². The first-order valence-electron chi connectivity index (χ1n) is 5.24. The molecule has 0 spiro atoms. The fourth-order valence-corrected chi connectivity index (χ4v) is 4.53. The number of sulfonamides is 1. The second-order valence-electron chi connectivity index (χ2n) is 3.65. The van der Waals surface area contributed by atoms with Gasteiger partial charge in [-0.3, -0.25) is 9.40 Å². The number of anilines is 1. The molecule has 0 saturated heterocycles. The molecule has 0 aliphatic heterocycles. The summed E-state index contributed by atoms with van der Waals surface area (Å²) in [5.41, 5.74) is 1.18. The Morgan fingerprint density at radius 2 is 2.22 bits per heavy atom. The summed E-state index contributed by atoms with van der Waals surface area (Å²) in [6.45, 7) is 4.42. The number of nitrogens with one attached hydrogen (secondary N) is 1. The Bertz CT molecular complexity index is 660. The molecule has 0 bridgehead atoms. The van der Waals surface area contributed by atoms with Crippen molar-refractivity contribution in [2.24, 2.45) is 0 Å². The lowest BCUT2D eigenvalue weighted by molar-refractivity contribution is 0.603. The van der Waals surface area contributed by atoms with Crippen molar-refractivity contribution in [1.82, 2.24) is 9.78 Å². The molecule has 98 valence electrons. The van der Waals surface area contributed by atoms with E-state index in [0.717, 1.165) is 3.79 Å². The molecular weight excluding hydrogens is 338 g/mol. The van der Waals surface area contributed by atoms with E-state index in [-0.39, 0.29) is 4.21 Å². The maximum absolute atomic E-state index is 12.1. The first kappa shape index (κ1) is 13.6. The Morgan fingerprint density at radius 3 is 2.72 bits per heavy atom. The normalized spacial score (nSPS) is 11.7. The second kappa shape index (κ2) is 5.02. The van der Waals surface area contributed by atoms with Crippen LogP contribution in [0.3, 0.4) is 0 Å². The lowest BCUT2D eigenvalue weighted by atomic mass is 10.4. The van der Waals surface area contributed by atoms with Crippen molar-refractivity contribution in [3.63, 3.8) is 0 Å². The molecule has 0 fully saturated rings. The summed E-state index contributed by atoms with van der Waals surface area (Å²) in [5.74, 6) is 0. The predicted molar refractivity (Wildman–Crippen MR) is 75.5 cm³/mol. The van der Waals surface area contributed by atoms with Crippen molar-refractivity contribution >= 4 is 43.0 Å². The van der Waals surface area contributed by atoms with Crippen LogP contribution < -0.4 is 4.72 Å². The molecule has 0 atom stereocenters. The fraction of sp³-hybridized carbons (Fsp3) is 0.300. The van der Waals surface area contributed by atoms with Gasteiger partial charge in [0.25, 0.3) is 10.0 Å². The van der Waals surface area contributed by atoms with Gasteiger partial charge in [0.15, 0.2) is 0 Å². The van der Waals surface area contributed by atoms with Crippen molar-refractivity contribution in [3.8, 4) is 0 Å². The Balaban J connectivity index is 2.30. The number of hydrogen-bond acceptors (Lipinski definition) is 4. The van der Waals surface area contributed by atoms with E-state index in [0.29, 0.717) is 17.9 Å². The summed E-state index contributed by atoms with van der Waals surface area (Å²) in [6.07, 6.45) is 1.69. The Kier molecular flexibility index (Phi) is 3.79. The second-order valence-corrected chi connectivity index (χ2v) is 8.02. The summed E-state index contributed by atoms with van der Waals surface area (Å²) in [5, 5.41) is 4.20. The zero-order valence-corrected chi connectivity index (χ0v) is 13.1. The van der Waals surface area contributed by atoms with Gasteiger partial charge in [0.05, 0.1) is 15.2 Å². The lowest BCUT2D eigenvalue weighted by Crippen LogP contribution is -2.11. The van der Waals surface area contributed by atoms with Crippen molar-refractivity contribution in [2.75, 3.05) is 4.72 Å².